The summed E-state index contributed by atoms with van der Waals surface area (Å²) < 4.78 is 39.7. The zero-order valence-corrected chi connectivity index (χ0v) is 12.9. The third-order valence-corrected chi connectivity index (χ3v) is 4.91. The molecule has 0 spiro atoms. The maximum atomic E-state index is 13.4. The first-order valence-corrected chi connectivity index (χ1v) is 8.48. The van der Waals surface area contributed by atoms with Crippen molar-refractivity contribution in [3.05, 3.63) is 24.1 Å². The van der Waals surface area contributed by atoms with E-state index in [0.717, 1.165) is 38.8 Å². The van der Waals surface area contributed by atoms with Crippen LogP contribution in [0.4, 0.5) is 4.39 Å². The molecule has 1 aromatic heterocycles. The van der Waals surface area contributed by atoms with Crippen LogP contribution in [-0.4, -0.2) is 69.5 Å². The van der Waals surface area contributed by atoms with Gasteiger partial charge in [0.05, 0.1) is 0 Å². The van der Waals surface area contributed by atoms with Gasteiger partial charge in [0.1, 0.15) is 0 Å². The summed E-state index contributed by atoms with van der Waals surface area (Å²) in [6, 6.07) is 2.45. The van der Waals surface area contributed by atoms with Crippen LogP contribution in [0.15, 0.2) is 23.4 Å². The predicted molar refractivity (Wildman–Crippen MR) is 77.9 cm³/mol. The normalized spacial score (nSPS) is 18.0. The highest BCUT2D eigenvalue weighted by Gasteiger charge is 2.20. The van der Waals surface area contributed by atoms with Crippen molar-refractivity contribution in [1.29, 1.82) is 0 Å². The fourth-order valence-electron chi connectivity index (χ4n) is 2.22. The Balaban J connectivity index is 1.77. The van der Waals surface area contributed by atoms with Crippen molar-refractivity contribution in [3.8, 4) is 0 Å². The Morgan fingerprint density at radius 1 is 1.33 bits per heavy atom. The van der Waals surface area contributed by atoms with E-state index in [1.807, 2.05) is 0 Å². The number of sulfonamides is 1. The number of likely N-dealkylation sites (N-methyl/N-ethyl adjacent to an activating group) is 1. The second kappa shape index (κ2) is 7.26. The molecule has 0 saturated carbocycles. The first-order chi connectivity index (χ1) is 9.99. The highest BCUT2D eigenvalue weighted by atomic mass is 32.2. The number of nitrogens with one attached hydrogen (secondary N) is 1. The van der Waals surface area contributed by atoms with Gasteiger partial charge < -0.3 is 9.80 Å². The molecule has 2 rings (SSSR count). The van der Waals surface area contributed by atoms with Crippen LogP contribution in [0.2, 0.25) is 0 Å². The molecular formula is C13H21FN4O2S. The third kappa shape index (κ3) is 4.70. The van der Waals surface area contributed by atoms with Crippen LogP contribution < -0.4 is 4.72 Å². The number of aromatic nitrogens is 1. The molecule has 0 radical (unpaired) electrons. The molecule has 1 saturated heterocycles. The maximum absolute atomic E-state index is 13.4. The van der Waals surface area contributed by atoms with Gasteiger partial charge in [-0.3, -0.25) is 0 Å². The Bertz CT molecular complexity index is 559. The minimum absolute atomic E-state index is 0.282. The van der Waals surface area contributed by atoms with E-state index in [-0.39, 0.29) is 6.54 Å². The molecule has 1 aromatic rings. The van der Waals surface area contributed by atoms with Crippen molar-refractivity contribution in [2.75, 3.05) is 46.3 Å². The summed E-state index contributed by atoms with van der Waals surface area (Å²) >= 11 is 0. The minimum Gasteiger partial charge on any atom is -0.304 e. The van der Waals surface area contributed by atoms with Gasteiger partial charge in [0.2, 0.25) is 5.03 Å². The van der Waals surface area contributed by atoms with Crippen molar-refractivity contribution in [2.24, 2.45) is 0 Å². The van der Waals surface area contributed by atoms with Gasteiger partial charge in [0.25, 0.3) is 10.0 Å². The van der Waals surface area contributed by atoms with E-state index >= 15 is 0 Å². The summed E-state index contributed by atoms with van der Waals surface area (Å²) in [5.74, 6) is -0.830. The van der Waals surface area contributed by atoms with Gasteiger partial charge in [-0.15, -0.1) is 0 Å². The number of hydrogen-bond acceptors (Lipinski definition) is 5. The van der Waals surface area contributed by atoms with E-state index in [1.165, 1.54) is 12.3 Å². The van der Waals surface area contributed by atoms with Gasteiger partial charge in [-0.1, -0.05) is 0 Å². The standard InChI is InChI=1S/C13H21FN4O2S/c1-17-8-10-18(11-9-17)7-3-6-16-21(19,20)13-12(14)4-2-5-15-13/h2,4-5,16H,3,6-11H2,1H3. The van der Waals surface area contributed by atoms with Crippen LogP contribution in [0, 0.1) is 5.82 Å². The van der Waals surface area contributed by atoms with Crippen LogP contribution in [-0.2, 0) is 10.0 Å². The highest BCUT2D eigenvalue weighted by molar-refractivity contribution is 7.89. The SMILES string of the molecule is CN1CCN(CCCNS(=O)(=O)c2ncccc2F)CC1. The van der Waals surface area contributed by atoms with E-state index in [2.05, 4.69) is 26.6 Å². The average molecular weight is 316 g/mol. The molecule has 0 unspecified atom stereocenters. The second-order valence-electron chi connectivity index (χ2n) is 5.19. The lowest BCUT2D eigenvalue weighted by molar-refractivity contribution is 0.153. The molecule has 8 heteroatoms. The van der Waals surface area contributed by atoms with Gasteiger partial charge in [-0.25, -0.2) is 22.5 Å². The molecule has 1 aliphatic rings. The summed E-state index contributed by atoms with van der Waals surface area (Å²) in [4.78, 5) is 8.15. The Morgan fingerprint density at radius 3 is 2.71 bits per heavy atom. The largest absolute Gasteiger partial charge is 0.304 e. The maximum Gasteiger partial charge on any atom is 0.261 e. The van der Waals surface area contributed by atoms with Gasteiger partial charge in [-0.05, 0) is 32.1 Å². The first-order valence-electron chi connectivity index (χ1n) is 7.00. The monoisotopic (exact) mass is 316 g/mol. The van der Waals surface area contributed by atoms with Crippen molar-refractivity contribution in [2.45, 2.75) is 11.4 Å². The lowest BCUT2D eigenvalue weighted by atomic mass is 10.3. The molecule has 0 aliphatic carbocycles. The van der Waals surface area contributed by atoms with Crippen molar-refractivity contribution < 1.29 is 12.8 Å². The van der Waals surface area contributed by atoms with E-state index in [1.54, 1.807) is 0 Å². The van der Waals surface area contributed by atoms with Gasteiger partial charge in [0, 0.05) is 38.9 Å². The van der Waals surface area contributed by atoms with Crippen LogP contribution >= 0.6 is 0 Å². The van der Waals surface area contributed by atoms with Crippen molar-refractivity contribution in [1.82, 2.24) is 19.5 Å². The van der Waals surface area contributed by atoms with Crippen LogP contribution in [0.1, 0.15) is 6.42 Å². The summed E-state index contributed by atoms with van der Waals surface area (Å²) in [5.41, 5.74) is 0. The second-order valence-corrected chi connectivity index (χ2v) is 6.87. The Morgan fingerprint density at radius 2 is 2.05 bits per heavy atom. The fourth-order valence-corrected chi connectivity index (χ4v) is 3.29. The van der Waals surface area contributed by atoms with Gasteiger partial charge in [0.15, 0.2) is 5.82 Å². The first kappa shape index (κ1) is 16.3. The number of rotatable bonds is 6. The molecule has 0 amide bonds. The zero-order valence-electron chi connectivity index (χ0n) is 12.1. The number of hydrogen-bond donors (Lipinski definition) is 1. The Hall–Kier alpha value is -1.09. The summed E-state index contributed by atoms with van der Waals surface area (Å²) in [7, 11) is -1.78. The van der Waals surface area contributed by atoms with E-state index < -0.39 is 20.9 Å². The Kier molecular flexibility index (Phi) is 5.63. The predicted octanol–water partition coefficient (Wildman–Crippen LogP) is 0.137. The molecule has 21 heavy (non-hydrogen) atoms. The lowest BCUT2D eigenvalue weighted by Crippen LogP contribution is -2.45. The number of nitrogens with zero attached hydrogens (tertiary/aromatic N) is 3. The van der Waals surface area contributed by atoms with Gasteiger partial charge >= 0.3 is 0 Å². The molecule has 1 aliphatic heterocycles. The zero-order chi connectivity index (χ0) is 15.3. The molecule has 2 heterocycles. The van der Waals surface area contributed by atoms with Crippen molar-refractivity contribution in [3.63, 3.8) is 0 Å². The third-order valence-electron chi connectivity index (χ3n) is 3.52. The summed E-state index contributed by atoms with van der Waals surface area (Å²) in [6.45, 7) is 5.18. The molecule has 0 bridgehead atoms. The number of piperazine rings is 1. The Labute approximate surface area is 125 Å². The van der Waals surface area contributed by atoms with Crippen LogP contribution in [0.25, 0.3) is 0 Å². The number of pyridine rings is 1. The topological polar surface area (TPSA) is 65.5 Å². The smallest absolute Gasteiger partial charge is 0.261 e. The van der Waals surface area contributed by atoms with E-state index in [0.29, 0.717) is 6.42 Å². The molecular weight excluding hydrogens is 295 g/mol. The van der Waals surface area contributed by atoms with Gasteiger partial charge in [-0.2, -0.15) is 0 Å². The molecule has 0 aromatic carbocycles. The summed E-state index contributed by atoms with van der Waals surface area (Å²) in [6.07, 6.45) is 1.96. The minimum atomic E-state index is -3.87. The molecule has 1 fully saturated rings. The molecule has 0 atom stereocenters. The highest BCUT2D eigenvalue weighted by Crippen LogP contribution is 2.09. The number of halogens is 1. The van der Waals surface area contributed by atoms with E-state index in [9.17, 15) is 12.8 Å². The van der Waals surface area contributed by atoms with Crippen LogP contribution in [0.5, 0.6) is 0 Å². The van der Waals surface area contributed by atoms with Crippen LogP contribution in [0.3, 0.4) is 0 Å². The average Bonchev–Trinajstić information content (AvgIpc) is 2.46. The van der Waals surface area contributed by atoms with E-state index in [4.69, 9.17) is 0 Å². The molecule has 6 nitrogen and oxygen atoms in total. The summed E-state index contributed by atoms with van der Waals surface area (Å²) in [5, 5.41) is -0.537. The molecule has 118 valence electrons. The fraction of sp³-hybridized carbons (Fsp3) is 0.615. The molecule has 1 N–H and O–H groups in total. The van der Waals surface area contributed by atoms with Crippen molar-refractivity contribution >= 4 is 10.0 Å². The quantitative estimate of drug-likeness (QED) is 0.756. The lowest BCUT2D eigenvalue weighted by Gasteiger charge is -2.32.